The Kier molecular flexibility index (Phi) is 4.83. The maximum atomic E-state index is 10.6. The largest absolute Gasteiger partial charge is 0.279 e. The number of nitro benzene ring substituents is 1. The highest BCUT2D eigenvalue weighted by Gasteiger charge is 2.04. The standard InChI is InChI=1S/C15H15N3O2/c19-18(20)15-10-4-9-14(12-15)17-16-11-5-8-13-6-2-1-3-7-13/h1-4,6-7,9-12,17H,5,8H2. The average molecular weight is 269 g/mol. The molecule has 0 saturated carbocycles. The molecule has 0 unspecified atom stereocenters. The van der Waals surface area contributed by atoms with Gasteiger partial charge in [0.15, 0.2) is 0 Å². The molecule has 0 spiro atoms. The molecule has 0 aliphatic carbocycles. The Balaban J connectivity index is 1.81. The molecule has 5 nitrogen and oxygen atoms in total. The number of nitro groups is 1. The highest BCUT2D eigenvalue weighted by atomic mass is 16.6. The van der Waals surface area contributed by atoms with Crippen molar-refractivity contribution in [3.63, 3.8) is 0 Å². The molecule has 0 aliphatic rings. The molecule has 0 aliphatic heterocycles. The number of nitrogens with one attached hydrogen (secondary N) is 1. The maximum Gasteiger partial charge on any atom is 0.271 e. The van der Waals surface area contributed by atoms with Gasteiger partial charge < -0.3 is 0 Å². The van der Waals surface area contributed by atoms with Gasteiger partial charge in [0.1, 0.15) is 0 Å². The zero-order valence-electron chi connectivity index (χ0n) is 10.9. The predicted molar refractivity (Wildman–Crippen MR) is 80.0 cm³/mol. The zero-order valence-corrected chi connectivity index (χ0v) is 10.9. The summed E-state index contributed by atoms with van der Waals surface area (Å²) in [7, 11) is 0. The van der Waals surface area contributed by atoms with Crippen LogP contribution < -0.4 is 5.43 Å². The van der Waals surface area contributed by atoms with Crippen molar-refractivity contribution in [1.29, 1.82) is 0 Å². The third-order valence-corrected chi connectivity index (χ3v) is 2.75. The van der Waals surface area contributed by atoms with E-state index in [4.69, 9.17) is 0 Å². The highest BCUT2D eigenvalue weighted by molar-refractivity contribution is 5.60. The molecule has 2 aromatic rings. The van der Waals surface area contributed by atoms with Gasteiger partial charge in [-0.15, -0.1) is 0 Å². The molecule has 0 saturated heterocycles. The summed E-state index contributed by atoms with van der Waals surface area (Å²) in [6.07, 6.45) is 3.50. The first-order valence-electron chi connectivity index (χ1n) is 6.31. The molecule has 2 rings (SSSR count). The van der Waals surface area contributed by atoms with Gasteiger partial charge in [-0.1, -0.05) is 36.4 Å². The van der Waals surface area contributed by atoms with Crippen LogP contribution in [0.4, 0.5) is 11.4 Å². The number of nitrogens with zero attached hydrogens (tertiary/aromatic N) is 2. The number of hydrazone groups is 1. The van der Waals surface area contributed by atoms with Crippen molar-refractivity contribution in [3.05, 3.63) is 70.3 Å². The molecule has 0 bridgehead atoms. The Morgan fingerprint density at radius 1 is 1.15 bits per heavy atom. The fourth-order valence-corrected chi connectivity index (χ4v) is 1.75. The quantitative estimate of drug-likeness (QED) is 0.494. The Morgan fingerprint density at radius 3 is 2.70 bits per heavy atom. The Hall–Kier alpha value is -2.69. The first kappa shape index (κ1) is 13.7. The summed E-state index contributed by atoms with van der Waals surface area (Å²) in [6, 6.07) is 16.4. The van der Waals surface area contributed by atoms with Crippen LogP contribution in [-0.2, 0) is 6.42 Å². The van der Waals surface area contributed by atoms with Crippen LogP contribution in [0.5, 0.6) is 0 Å². The van der Waals surface area contributed by atoms with Gasteiger partial charge in [-0.2, -0.15) is 5.10 Å². The molecular formula is C15H15N3O2. The van der Waals surface area contributed by atoms with Crippen molar-refractivity contribution in [2.75, 3.05) is 5.43 Å². The molecule has 5 heteroatoms. The van der Waals surface area contributed by atoms with Crippen LogP contribution in [0.25, 0.3) is 0 Å². The van der Waals surface area contributed by atoms with Crippen molar-refractivity contribution in [3.8, 4) is 0 Å². The van der Waals surface area contributed by atoms with E-state index in [1.165, 1.54) is 17.7 Å². The van der Waals surface area contributed by atoms with Gasteiger partial charge in [0.25, 0.3) is 5.69 Å². The first-order chi connectivity index (χ1) is 9.75. The minimum Gasteiger partial charge on any atom is -0.279 e. The van der Waals surface area contributed by atoms with Crippen LogP contribution in [0.2, 0.25) is 0 Å². The van der Waals surface area contributed by atoms with Crippen LogP contribution in [0.3, 0.4) is 0 Å². The summed E-state index contributed by atoms with van der Waals surface area (Å²) in [5, 5.41) is 14.7. The predicted octanol–water partition coefficient (Wildman–Crippen LogP) is 3.63. The van der Waals surface area contributed by atoms with Gasteiger partial charge in [0.2, 0.25) is 0 Å². The molecule has 0 heterocycles. The molecular weight excluding hydrogens is 254 g/mol. The van der Waals surface area contributed by atoms with Crippen molar-refractivity contribution in [2.45, 2.75) is 12.8 Å². The van der Waals surface area contributed by atoms with E-state index in [1.807, 2.05) is 18.2 Å². The van der Waals surface area contributed by atoms with Crippen LogP contribution in [0, 0.1) is 10.1 Å². The van der Waals surface area contributed by atoms with E-state index in [0.29, 0.717) is 5.69 Å². The van der Waals surface area contributed by atoms with Crippen LogP contribution in [0.15, 0.2) is 59.7 Å². The summed E-state index contributed by atoms with van der Waals surface area (Å²) < 4.78 is 0. The molecule has 1 N–H and O–H groups in total. The normalized spacial score (nSPS) is 10.6. The lowest BCUT2D eigenvalue weighted by Crippen LogP contribution is -1.93. The van der Waals surface area contributed by atoms with Crippen LogP contribution >= 0.6 is 0 Å². The second-order valence-electron chi connectivity index (χ2n) is 4.26. The van der Waals surface area contributed by atoms with Gasteiger partial charge in [0.05, 0.1) is 10.6 Å². The fraction of sp³-hybridized carbons (Fsp3) is 0.133. The second-order valence-corrected chi connectivity index (χ2v) is 4.26. The molecule has 2 aromatic carbocycles. The summed E-state index contributed by atoms with van der Waals surface area (Å²) in [6.45, 7) is 0. The molecule has 102 valence electrons. The van der Waals surface area contributed by atoms with Gasteiger partial charge in [-0.05, 0) is 24.5 Å². The Labute approximate surface area is 117 Å². The van der Waals surface area contributed by atoms with E-state index in [-0.39, 0.29) is 5.69 Å². The summed E-state index contributed by atoms with van der Waals surface area (Å²) in [5.74, 6) is 0. The van der Waals surface area contributed by atoms with Gasteiger partial charge >= 0.3 is 0 Å². The molecule has 0 aromatic heterocycles. The first-order valence-corrected chi connectivity index (χ1v) is 6.31. The third-order valence-electron chi connectivity index (χ3n) is 2.75. The highest BCUT2D eigenvalue weighted by Crippen LogP contribution is 2.16. The Bertz CT molecular complexity index is 597. The number of aryl methyl sites for hydroxylation is 1. The molecule has 0 radical (unpaired) electrons. The van der Waals surface area contributed by atoms with Crippen molar-refractivity contribution in [2.24, 2.45) is 5.10 Å². The smallest absolute Gasteiger partial charge is 0.271 e. The van der Waals surface area contributed by atoms with Crippen LogP contribution in [0.1, 0.15) is 12.0 Å². The van der Waals surface area contributed by atoms with Crippen molar-refractivity contribution in [1.82, 2.24) is 0 Å². The molecule has 20 heavy (non-hydrogen) atoms. The van der Waals surface area contributed by atoms with E-state index in [0.717, 1.165) is 12.8 Å². The van der Waals surface area contributed by atoms with Gasteiger partial charge in [-0.3, -0.25) is 15.5 Å². The monoisotopic (exact) mass is 269 g/mol. The summed E-state index contributed by atoms with van der Waals surface area (Å²) in [5.41, 5.74) is 4.71. The van der Waals surface area contributed by atoms with E-state index >= 15 is 0 Å². The number of hydrogen-bond acceptors (Lipinski definition) is 4. The fourth-order valence-electron chi connectivity index (χ4n) is 1.75. The maximum absolute atomic E-state index is 10.6. The van der Waals surface area contributed by atoms with Gasteiger partial charge in [0, 0.05) is 18.3 Å². The van der Waals surface area contributed by atoms with Crippen molar-refractivity contribution < 1.29 is 4.92 Å². The number of rotatable bonds is 6. The lowest BCUT2D eigenvalue weighted by Gasteiger charge is -2.00. The SMILES string of the molecule is O=[N+]([O-])c1cccc(NN=CCCc2ccccc2)c1. The zero-order chi connectivity index (χ0) is 14.2. The second kappa shape index (κ2) is 7.04. The Morgan fingerprint density at radius 2 is 1.95 bits per heavy atom. The molecule has 0 amide bonds. The van der Waals surface area contributed by atoms with E-state index in [1.54, 1.807) is 18.3 Å². The minimum absolute atomic E-state index is 0.0504. The number of hydrogen-bond donors (Lipinski definition) is 1. The van der Waals surface area contributed by atoms with Crippen molar-refractivity contribution >= 4 is 17.6 Å². The van der Waals surface area contributed by atoms with E-state index in [2.05, 4.69) is 22.7 Å². The third kappa shape index (κ3) is 4.20. The number of benzene rings is 2. The molecule has 0 atom stereocenters. The van der Waals surface area contributed by atoms with Crippen LogP contribution in [-0.4, -0.2) is 11.1 Å². The lowest BCUT2D eigenvalue weighted by molar-refractivity contribution is -0.384. The average Bonchev–Trinajstić information content (AvgIpc) is 2.48. The number of non-ortho nitro benzene ring substituents is 1. The van der Waals surface area contributed by atoms with E-state index in [9.17, 15) is 10.1 Å². The summed E-state index contributed by atoms with van der Waals surface area (Å²) >= 11 is 0. The topological polar surface area (TPSA) is 67.5 Å². The van der Waals surface area contributed by atoms with E-state index < -0.39 is 4.92 Å². The minimum atomic E-state index is -0.426. The lowest BCUT2D eigenvalue weighted by atomic mass is 10.1. The number of anilines is 1. The van der Waals surface area contributed by atoms with Gasteiger partial charge in [-0.25, -0.2) is 0 Å². The molecule has 0 fully saturated rings. The summed E-state index contributed by atoms with van der Waals surface area (Å²) in [4.78, 5) is 10.2.